The van der Waals surface area contributed by atoms with Crippen LogP contribution < -0.4 is 5.32 Å². The van der Waals surface area contributed by atoms with Crippen LogP contribution in [0.5, 0.6) is 0 Å². The van der Waals surface area contributed by atoms with Crippen molar-refractivity contribution in [3.8, 4) is 0 Å². The Morgan fingerprint density at radius 2 is 1.84 bits per heavy atom. The fourth-order valence-electron chi connectivity index (χ4n) is 2.91. The van der Waals surface area contributed by atoms with Gasteiger partial charge >= 0.3 is 0 Å². The van der Waals surface area contributed by atoms with E-state index >= 15 is 0 Å². The fourth-order valence-corrected chi connectivity index (χ4v) is 2.91. The Morgan fingerprint density at radius 1 is 1.26 bits per heavy atom. The fraction of sp³-hybridized carbons (Fsp3) is 0.750. The molecule has 1 heterocycles. The van der Waals surface area contributed by atoms with Crippen molar-refractivity contribution in [3.05, 3.63) is 22.8 Å². The average Bonchev–Trinajstić information content (AvgIpc) is 3.06. The maximum atomic E-state index is 4.76. The predicted octanol–water partition coefficient (Wildman–Crippen LogP) is 3.32. The van der Waals surface area contributed by atoms with E-state index in [4.69, 9.17) is 9.97 Å². The Labute approximate surface area is 117 Å². The van der Waals surface area contributed by atoms with Crippen molar-refractivity contribution in [2.24, 2.45) is 5.92 Å². The lowest BCUT2D eigenvalue weighted by Gasteiger charge is -2.18. The van der Waals surface area contributed by atoms with Crippen LogP contribution >= 0.6 is 0 Å². The molecule has 0 aliphatic heterocycles. The molecule has 106 valence electrons. The summed E-state index contributed by atoms with van der Waals surface area (Å²) < 4.78 is 0. The van der Waals surface area contributed by atoms with Crippen LogP contribution in [0, 0.1) is 19.8 Å². The molecule has 0 amide bonds. The molecule has 1 aliphatic rings. The van der Waals surface area contributed by atoms with E-state index in [0.717, 1.165) is 24.8 Å². The summed E-state index contributed by atoms with van der Waals surface area (Å²) in [5.41, 5.74) is 3.68. The van der Waals surface area contributed by atoms with Gasteiger partial charge in [-0.25, -0.2) is 9.97 Å². The Hall–Kier alpha value is -0.960. The van der Waals surface area contributed by atoms with Gasteiger partial charge in [0.25, 0.3) is 0 Å². The summed E-state index contributed by atoms with van der Waals surface area (Å²) in [6, 6.07) is 0. The third-order valence-electron chi connectivity index (χ3n) is 4.16. The number of nitrogens with zero attached hydrogens (tertiary/aromatic N) is 2. The summed E-state index contributed by atoms with van der Waals surface area (Å²) in [5.74, 6) is 2.94. The van der Waals surface area contributed by atoms with E-state index in [1.54, 1.807) is 0 Å². The zero-order chi connectivity index (χ0) is 14.0. The molecule has 1 N–H and O–H groups in total. The molecule has 3 atom stereocenters. The summed E-state index contributed by atoms with van der Waals surface area (Å²) >= 11 is 0. The first-order chi connectivity index (χ1) is 9.04. The molecule has 3 nitrogen and oxygen atoms in total. The van der Waals surface area contributed by atoms with Gasteiger partial charge in [0.15, 0.2) is 0 Å². The highest BCUT2D eigenvalue weighted by Crippen LogP contribution is 2.45. The molecule has 1 aromatic rings. The minimum absolute atomic E-state index is 0.484. The van der Waals surface area contributed by atoms with Crippen LogP contribution in [-0.4, -0.2) is 23.1 Å². The normalized spacial score (nSPS) is 23.4. The third kappa shape index (κ3) is 3.33. The van der Waals surface area contributed by atoms with Crippen LogP contribution in [0.4, 0.5) is 0 Å². The molecule has 3 heteroatoms. The van der Waals surface area contributed by atoms with Crippen molar-refractivity contribution < 1.29 is 0 Å². The highest BCUT2D eigenvalue weighted by atomic mass is 14.9. The van der Waals surface area contributed by atoms with E-state index in [9.17, 15) is 0 Å². The summed E-state index contributed by atoms with van der Waals surface area (Å²) in [6.07, 6.45) is 2.44. The molecule has 1 aliphatic carbocycles. The van der Waals surface area contributed by atoms with E-state index in [-0.39, 0.29) is 0 Å². The second-order valence-electron chi connectivity index (χ2n) is 6.09. The van der Waals surface area contributed by atoms with E-state index in [1.165, 1.54) is 29.8 Å². The largest absolute Gasteiger partial charge is 0.316 e. The topological polar surface area (TPSA) is 37.8 Å². The van der Waals surface area contributed by atoms with Gasteiger partial charge in [-0.15, -0.1) is 0 Å². The molecule has 0 bridgehead atoms. The summed E-state index contributed by atoms with van der Waals surface area (Å²) in [7, 11) is 0. The smallest absolute Gasteiger partial charge is 0.132 e. The van der Waals surface area contributed by atoms with Gasteiger partial charge in [0.2, 0.25) is 0 Å². The van der Waals surface area contributed by atoms with E-state index in [0.29, 0.717) is 11.8 Å². The second kappa shape index (κ2) is 6.00. The van der Waals surface area contributed by atoms with Gasteiger partial charge in [-0.05, 0) is 50.6 Å². The Kier molecular flexibility index (Phi) is 4.56. The van der Waals surface area contributed by atoms with Gasteiger partial charge in [0.1, 0.15) is 5.82 Å². The lowest BCUT2D eigenvalue weighted by atomic mass is 9.97. The first-order valence-electron chi connectivity index (χ1n) is 7.60. The van der Waals surface area contributed by atoms with E-state index in [2.05, 4.69) is 39.9 Å². The highest BCUT2D eigenvalue weighted by Gasteiger charge is 2.37. The zero-order valence-electron chi connectivity index (χ0n) is 13.0. The van der Waals surface area contributed by atoms with Gasteiger partial charge in [0, 0.05) is 23.9 Å². The van der Waals surface area contributed by atoms with Gasteiger partial charge < -0.3 is 5.32 Å². The first kappa shape index (κ1) is 14.4. The minimum atomic E-state index is 0.484. The first-order valence-corrected chi connectivity index (χ1v) is 7.60. The molecule has 0 saturated heterocycles. The summed E-state index contributed by atoms with van der Waals surface area (Å²) in [6.45, 7) is 13.1. The van der Waals surface area contributed by atoms with Gasteiger partial charge in [0.05, 0.1) is 0 Å². The Balaban J connectivity index is 2.12. The predicted molar refractivity (Wildman–Crippen MR) is 79.6 cm³/mol. The minimum Gasteiger partial charge on any atom is -0.316 e. The maximum absolute atomic E-state index is 4.76. The van der Waals surface area contributed by atoms with Crippen molar-refractivity contribution in [3.63, 3.8) is 0 Å². The van der Waals surface area contributed by atoms with Crippen molar-refractivity contribution in [2.45, 2.75) is 59.3 Å². The molecule has 1 aromatic heterocycles. The molecule has 1 saturated carbocycles. The molecule has 0 spiro atoms. The van der Waals surface area contributed by atoms with E-state index in [1.807, 2.05) is 0 Å². The van der Waals surface area contributed by atoms with Crippen LogP contribution in [0.2, 0.25) is 0 Å². The number of rotatable bonds is 6. The molecule has 0 radical (unpaired) electrons. The standard InChI is InChI=1S/C16H27N3/c1-6-7-17-9-11(3)15-12(4)18-16(19-13(15)5)14-8-10(14)2/h10-11,14,17H,6-9H2,1-5H3. The molecule has 2 rings (SSSR count). The van der Waals surface area contributed by atoms with Gasteiger partial charge in [-0.3, -0.25) is 0 Å². The van der Waals surface area contributed by atoms with Crippen molar-refractivity contribution in [1.29, 1.82) is 0 Å². The van der Waals surface area contributed by atoms with E-state index < -0.39 is 0 Å². The number of hydrogen-bond acceptors (Lipinski definition) is 3. The van der Waals surface area contributed by atoms with Crippen molar-refractivity contribution in [1.82, 2.24) is 15.3 Å². The van der Waals surface area contributed by atoms with Crippen molar-refractivity contribution in [2.75, 3.05) is 13.1 Å². The highest BCUT2D eigenvalue weighted by molar-refractivity contribution is 5.30. The lowest BCUT2D eigenvalue weighted by Crippen LogP contribution is -2.22. The van der Waals surface area contributed by atoms with Crippen LogP contribution in [0.15, 0.2) is 0 Å². The quantitative estimate of drug-likeness (QED) is 0.798. The molecular formula is C16H27N3. The maximum Gasteiger partial charge on any atom is 0.132 e. The van der Waals surface area contributed by atoms with Crippen LogP contribution in [0.1, 0.15) is 68.2 Å². The van der Waals surface area contributed by atoms with Crippen LogP contribution in [0.3, 0.4) is 0 Å². The zero-order valence-corrected chi connectivity index (χ0v) is 13.0. The van der Waals surface area contributed by atoms with Crippen LogP contribution in [0.25, 0.3) is 0 Å². The second-order valence-corrected chi connectivity index (χ2v) is 6.09. The summed E-state index contributed by atoms with van der Waals surface area (Å²) in [4.78, 5) is 9.51. The lowest BCUT2D eigenvalue weighted by molar-refractivity contribution is 0.599. The molecule has 0 aromatic carbocycles. The molecule has 3 unspecified atom stereocenters. The summed E-state index contributed by atoms with van der Waals surface area (Å²) in [5, 5.41) is 3.49. The Bertz CT molecular complexity index is 419. The van der Waals surface area contributed by atoms with Gasteiger partial charge in [-0.1, -0.05) is 20.8 Å². The number of hydrogen-bond donors (Lipinski definition) is 1. The Morgan fingerprint density at radius 3 is 2.32 bits per heavy atom. The monoisotopic (exact) mass is 261 g/mol. The molecule has 1 fully saturated rings. The molecule has 19 heavy (non-hydrogen) atoms. The SMILES string of the molecule is CCCNCC(C)c1c(C)nc(C2CC2C)nc1C. The van der Waals surface area contributed by atoms with Gasteiger partial charge in [-0.2, -0.15) is 0 Å². The number of aromatic nitrogens is 2. The number of nitrogens with one attached hydrogen (secondary N) is 1. The van der Waals surface area contributed by atoms with Crippen molar-refractivity contribution >= 4 is 0 Å². The molecular weight excluding hydrogens is 234 g/mol. The average molecular weight is 261 g/mol. The number of aryl methyl sites for hydroxylation is 2. The third-order valence-corrected chi connectivity index (χ3v) is 4.16. The van der Waals surface area contributed by atoms with Crippen LogP contribution in [-0.2, 0) is 0 Å².